The molecule has 5 heteroatoms. The lowest BCUT2D eigenvalue weighted by atomic mass is 10.1. The first kappa shape index (κ1) is 8.98. The Balaban J connectivity index is 2.29. The molecular formula is C9H11N3O2. The second kappa shape index (κ2) is 3.65. The van der Waals surface area contributed by atoms with Crippen molar-refractivity contribution in [1.29, 1.82) is 0 Å². The molecule has 0 atom stereocenters. The fraction of sp³-hybridized carbons (Fsp3) is 0.222. The van der Waals surface area contributed by atoms with Crippen LogP contribution in [0, 0.1) is 0 Å². The van der Waals surface area contributed by atoms with Crippen molar-refractivity contribution in [3.8, 4) is 0 Å². The summed E-state index contributed by atoms with van der Waals surface area (Å²) in [6.45, 7) is 1.28. The Morgan fingerprint density at radius 3 is 3.00 bits per heavy atom. The number of nitrogens with zero attached hydrogens (tertiary/aromatic N) is 1. The number of fused-ring (bicyclic) bond motifs is 1. The van der Waals surface area contributed by atoms with Crippen LogP contribution in [0.5, 0.6) is 0 Å². The minimum Gasteiger partial charge on any atom is -0.372 e. The lowest BCUT2D eigenvalue weighted by molar-refractivity contribution is 0.134. The Labute approximate surface area is 81.2 Å². The van der Waals surface area contributed by atoms with E-state index in [4.69, 9.17) is 15.7 Å². The molecule has 1 aromatic carbocycles. The first-order valence-corrected chi connectivity index (χ1v) is 4.23. The van der Waals surface area contributed by atoms with Crippen molar-refractivity contribution >= 4 is 11.6 Å². The van der Waals surface area contributed by atoms with Gasteiger partial charge in [-0.2, -0.15) is 0 Å². The molecule has 5 nitrogen and oxygen atoms in total. The van der Waals surface area contributed by atoms with E-state index in [1.165, 1.54) is 5.56 Å². The van der Waals surface area contributed by atoms with Crippen molar-refractivity contribution in [2.75, 3.05) is 0 Å². The standard InChI is InChI=1S/C9H11N3O2/c10-9(12-13)11-8-2-1-6-4-14-5-7(6)3-8/h1-3,13H,4-5H2,(H3,10,11,12). The van der Waals surface area contributed by atoms with E-state index < -0.39 is 0 Å². The lowest BCUT2D eigenvalue weighted by Gasteiger charge is -2.00. The van der Waals surface area contributed by atoms with E-state index in [-0.39, 0.29) is 5.96 Å². The van der Waals surface area contributed by atoms with Gasteiger partial charge in [-0.15, -0.1) is 0 Å². The van der Waals surface area contributed by atoms with Crippen molar-refractivity contribution in [2.45, 2.75) is 13.2 Å². The van der Waals surface area contributed by atoms with Crippen LogP contribution in [0.3, 0.4) is 0 Å². The Bertz CT molecular complexity index is 376. The summed E-state index contributed by atoms with van der Waals surface area (Å²) in [5.41, 5.74) is 10.1. The minimum atomic E-state index is -0.0242. The second-order valence-electron chi connectivity index (χ2n) is 3.05. The maximum absolute atomic E-state index is 8.46. The van der Waals surface area contributed by atoms with Crippen molar-refractivity contribution in [3.05, 3.63) is 29.3 Å². The van der Waals surface area contributed by atoms with Crippen molar-refractivity contribution in [2.24, 2.45) is 10.7 Å². The normalized spacial score (nSPS) is 15.4. The molecule has 0 saturated carbocycles. The third kappa shape index (κ3) is 1.68. The summed E-state index contributed by atoms with van der Waals surface area (Å²) in [5, 5.41) is 8.46. The number of ether oxygens (including phenoxy) is 1. The molecule has 0 radical (unpaired) electrons. The zero-order chi connectivity index (χ0) is 9.97. The molecule has 0 saturated heterocycles. The monoisotopic (exact) mass is 193 g/mol. The molecule has 74 valence electrons. The fourth-order valence-corrected chi connectivity index (χ4v) is 1.39. The van der Waals surface area contributed by atoms with E-state index in [0.29, 0.717) is 18.9 Å². The summed E-state index contributed by atoms with van der Waals surface area (Å²) in [4.78, 5) is 3.93. The van der Waals surface area contributed by atoms with Crippen LogP contribution < -0.4 is 11.2 Å². The molecule has 0 bridgehead atoms. The molecule has 2 rings (SSSR count). The summed E-state index contributed by atoms with van der Waals surface area (Å²) in [7, 11) is 0. The third-order valence-electron chi connectivity index (χ3n) is 2.07. The first-order valence-electron chi connectivity index (χ1n) is 4.23. The number of nitrogens with two attached hydrogens (primary N) is 1. The summed E-state index contributed by atoms with van der Waals surface area (Å²) in [5.74, 6) is -0.0242. The molecule has 0 aliphatic carbocycles. The van der Waals surface area contributed by atoms with Crippen LogP contribution in [0.4, 0.5) is 5.69 Å². The van der Waals surface area contributed by atoms with Crippen LogP contribution in [-0.4, -0.2) is 11.2 Å². The predicted molar refractivity (Wildman–Crippen MR) is 51.1 cm³/mol. The summed E-state index contributed by atoms with van der Waals surface area (Å²) in [6, 6.07) is 5.68. The van der Waals surface area contributed by atoms with Gasteiger partial charge in [-0.25, -0.2) is 10.5 Å². The fourth-order valence-electron chi connectivity index (χ4n) is 1.39. The van der Waals surface area contributed by atoms with Gasteiger partial charge in [0, 0.05) is 0 Å². The molecule has 1 aliphatic rings. The topological polar surface area (TPSA) is 79.9 Å². The predicted octanol–water partition coefficient (Wildman–Crippen LogP) is 0.642. The summed E-state index contributed by atoms with van der Waals surface area (Å²) >= 11 is 0. The van der Waals surface area contributed by atoms with Gasteiger partial charge in [0.2, 0.25) is 5.96 Å². The zero-order valence-corrected chi connectivity index (χ0v) is 7.53. The Kier molecular flexibility index (Phi) is 2.34. The smallest absolute Gasteiger partial charge is 0.218 e. The molecule has 0 fully saturated rings. The second-order valence-corrected chi connectivity index (χ2v) is 3.05. The van der Waals surface area contributed by atoms with Gasteiger partial charge in [0.15, 0.2) is 0 Å². The van der Waals surface area contributed by atoms with E-state index >= 15 is 0 Å². The van der Waals surface area contributed by atoms with E-state index in [2.05, 4.69) is 4.99 Å². The van der Waals surface area contributed by atoms with Gasteiger partial charge >= 0.3 is 0 Å². The lowest BCUT2D eigenvalue weighted by Crippen LogP contribution is -2.27. The van der Waals surface area contributed by atoms with Crippen molar-refractivity contribution in [3.63, 3.8) is 0 Å². The van der Waals surface area contributed by atoms with Gasteiger partial charge in [0.05, 0.1) is 18.9 Å². The highest BCUT2D eigenvalue weighted by Gasteiger charge is 2.10. The largest absolute Gasteiger partial charge is 0.372 e. The number of benzene rings is 1. The van der Waals surface area contributed by atoms with E-state index in [1.54, 1.807) is 5.48 Å². The molecule has 1 aromatic rings. The SMILES string of the molecule is NC(=Nc1ccc2c(c1)COC2)NO. The number of aliphatic imine (C=N–C) groups is 1. The van der Waals surface area contributed by atoms with Gasteiger partial charge in [0.25, 0.3) is 0 Å². The van der Waals surface area contributed by atoms with Gasteiger partial charge in [-0.3, -0.25) is 5.21 Å². The number of rotatable bonds is 1. The maximum atomic E-state index is 8.46. The highest BCUT2D eigenvalue weighted by Crippen LogP contribution is 2.24. The van der Waals surface area contributed by atoms with Crippen LogP contribution in [0.2, 0.25) is 0 Å². The molecule has 0 unspecified atom stereocenters. The van der Waals surface area contributed by atoms with Crippen molar-refractivity contribution < 1.29 is 9.94 Å². The average Bonchev–Trinajstić information content (AvgIpc) is 2.64. The van der Waals surface area contributed by atoms with E-state index in [9.17, 15) is 0 Å². The van der Waals surface area contributed by atoms with Gasteiger partial charge in [-0.05, 0) is 23.3 Å². The van der Waals surface area contributed by atoms with Crippen LogP contribution in [0.1, 0.15) is 11.1 Å². The van der Waals surface area contributed by atoms with Crippen LogP contribution >= 0.6 is 0 Å². The van der Waals surface area contributed by atoms with Gasteiger partial charge in [0.1, 0.15) is 0 Å². The molecule has 1 heterocycles. The highest BCUT2D eigenvalue weighted by molar-refractivity contribution is 5.79. The maximum Gasteiger partial charge on any atom is 0.218 e. The molecule has 0 spiro atoms. The third-order valence-corrected chi connectivity index (χ3v) is 2.07. The van der Waals surface area contributed by atoms with E-state index in [1.807, 2.05) is 18.2 Å². The Morgan fingerprint density at radius 2 is 2.21 bits per heavy atom. The highest BCUT2D eigenvalue weighted by atomic mass is 16.5. The van der Waals surface area contributed by atoms with Crippen LogP contribution in [-0.2, 0) is 18.0 Å². The number of guanidine groups is 1. The molecule has 14 heavy (non-hydrogen) atoms. The first-order chi connectivity index (χ1) is 6.79. The van der Waals surface area contributed by atoms with Crippen LogP contribution in [0.15, 0.2) is 23.2 Å². The quantitative estimate of drug-likeness (QED) is 0.347. The minimum absolute atomic E-state index is 0.0242. The molecule has 0 aromatic heterocycles. The number of hydrogen-bond acceptors (Lipinski definition) is 3. The van der Waals surface area contributed by atoms with Crippen molar-refractivity contribution in [1.82, 2.24) is 5.48 Å². The van der Waals surface area contributed by atoms with Gasteiger partial charge in [-0.1, -0.05) is 6.07 Å². The van der Waals surface area contributed by atoms with E-state index in [0.717, 1.165) is 5.56 Å². The summed E-state index contributed by atoms with van der Waals surface area (Å²) < 4.78 is 5.26. The number of hydroxylamine groups is 1. The summed E-state index contributed by atoms with van der Waals surface area (Å²) in [6.07, 6.45) is 0. The Morgan fingerprint density at radius 1 is 1.43 bits per heavy atom. The number of hydrogen-bond donors (Lipinski definition) is 3. The number of nitrogens with one attached hydrogen (secondary N) is 1. The molecule has 4 N–H and O–H groups in total. The van der Waals surface area contributed by atoms with Crippen LogP contribution in [0.25, 0.3) is 0 Å². The molecular weight excluding hydrogens is 182 g/mol. The Hall–Kier alpha value is -1.59. The molecule has 0 amide bonds. The molecule has 1 aliphatic heterocycles. The average molecular weight is 193 g/mol. The zero-order valence-electron chi connectivity index (χ0n) is 7.53. The van der Waals surface area contributed by atoms with Gasteiger partial charge < -0.3 is 10.5 Å².